The van der Waals surface area contributed by atoms with Crippen LogP contribution in [0.3, 0.4) is 0 Å². The fourth-order valence-electron chi connectivity index (χ4n) is 4.28. The number of benzene rings is 1. The van der Waals surface area contributed by atoms with Crippen molar-refractivity contribution >= 4 is 21.6 Å². The van der Waals surface area contributed by atoms with Gasteiger partial charge in [-0.15, -0.1) is 0 Å². The van der Waals surface area contributed by atoms with Crippen LogP contribution in [0, 0.1) is 11.8 Å². The van der Waals surface area contributed by atoms with Gasteiger partial charge in [-0.25, -0.2) is 13.6 Å². The van der Waals surface area contributed by atoms with Gasteiger partial charge < -0.3 is 10.2 Å². The third-order valence-corrected chi connectivity index (χ3v) is 7.01. The Hall–Kier alpha value is -1.60. The maximum Gasteiger partial charge on any atom is 0.239 e. The van der Waals surface area contributed by atoms with Gasteiger partial charge in [0.15, 0.2) is 0 Å². The standard InChI is InChI=1S/C19H29N3O3S/c1-12-5-4-6-17(14(12)3)21-19(23)11-22-13(2)9-15-10-16(26(20,24)25)7-8-18(15)22/h7-8,10,12-14,17H,4-6,9,11H2,1-3H3,(H,21,23)(H2,20,24,25)/t12-,13-,14+,17+/m0/s1. The first-order valence-electron chi connectivity index (χ1n) is 9.38. The number of nitrogens with one attached hydrogen (secondary N) is 1. The summed E-state index contributed by atoms with van der Waals surface area (Å²) >= 11 is 0. The van der Waals surface area contributed by atoms with Crippen molar-refractivity contribution in [2.24, 2.45) is 17.0 Å². The van der Waals surface area contributed by atoms with E-state index in [0.717, 1.165) is 24.1 Å². The van der Waals surface area contributed by atoms with Crippen LogP contribution >= 0.6 is 0 Å². The summed E-state index contributed by atoms with van der Waals surface area (Å²) in [6.07, 6.45) is 4.15. The number of nitrogens with two attached hydrogens (primary N) is 1. The molecule has 26 heavy (non-hydrogen) atoms. The van der Waals surface area contributed by atoms with Crippen LogP contribution in [0.4, 0.5) is 5.69 Å². The zero-order valence-electron chi connectivity index (χ0n) is 15.7. The molecular formula is C19H29N3O3S. The SMILES string of the molecule is C[C@@H]1[C@@H](C)CCC[C@H]1NC(=O)CN1c2ccc(S(N)(=O)=O)cc2C[C@@H]1C. The topological polar surface area (TPSA) is 92.5 Å². The molecular weight excluding hydrogens is 350 g/mol. The molecule has 144 valence electrons. The lowest BCUT2D eigenvalue weighted by molar-refractivity contribution is -0.121. The predicted octanol–water partition coefficient (Wildman–Crippen LogP) is 2.03. The number of carbonyl (C=O) groups is 1. The molecule has 6 nitrogen and oxygen atoms in total. The smallest absolute Gasteiger partial charge is 0.239 e. The van der Waals surface area contributed by atoms with Gasteiger partial charge in [0.05, 0.1) is 11.4 Å². The molecule has 1 aromatic carbocycles. The van der Waals surface area contributed by atoms with Crippen molar-refractivity contribution in [1.29, 1.82) is 0 Å². The van der Waals surface area contributed by atoms with E-state index in [4.69, 9.17) is 5.14 Å². The average molecular weight is 380 g/mol. The van der Waals surface area contributed by atoms with Crippen LogP contribution in [0.1, 0.15) is 45.6 Å². The summed E-state index contributed by atoms with van der Waals surface area (Å²) in [5.74, 6) is 1.16. The van der Waals surface area contributed by atoms with E-state index < -0.39 is 10.0 Å². The molecule has 0 radical (unpaired) electrons. The fourth-order valence-corrected chi connectivity index (χ4v) is 4.85. The second kappa shape index (κ2) is 7.19. The Bertz CT molecular complexity index is 793. The number of anilines is 1. The normalized spacial score (nSPS) is 28.7. The molecule has 3 N–H and O–H groups in total. The van der Waals surface area contributed by atoms with Crippen LogP contribution in [0.5, 0.6) is 0 Å². The minimum atomic E-state index is -3.71. The number of hydrogen-bond acceptors (Lipinski definition) is 4. The molecule has 0 spiro atoms. The summed E-state index contributed by atoms with van der Waals surface area (Å²) in [7, 11) is -3.71. The Labute approximate surface area is 156 Å². The quantitative estimate of drug-likeness (QED) is 0.837. The minimum Gasteiger partial charge on any atom is -0.359 e. The second-order valence-corrected chi connectivity index (χ2v) is 9.52. The molecule has 0 unspecified atom stereocenters. The van der Waals surface area contributed by atoms with Gasteiger partial charge in [0.25, 0.3) is 0 Å². The fraction of sp³-hybridized carbons (Fsp3) is 0.632. The molecule has 0 bridgehead atoms. The summed E-state index contributed by atoms with van der Waals surface area (Å²) in [6.45, 7) is 6.82. The van der Waals surface area contributed by atoms with E-state index in [0.29, 0.717) is 24.8 Å². The Morgan fingerprint density at radius 1 is 1.27 bits per heavy atom. The van der Waals surface area contributed by atoms with Crippen molar-refractivity contribution in [3.63, 3.8) is 0 Å². The molecule has 0 aromatic heterocycles. The average Bonchev–Trinajstić information content (AvgIpc) is 2.86. The highest BCUT2D eigenvalue weighted by molar-refractivity contribution is 7.89. The van der Waals surface area contributed by atoms with Crippen molar-refractivity contribution in [3.8, 4) is 0 Å². The second-order valence-electron chi connectivity index (χ2n) is 7.96. The van der Waals surface area contributed by atoms with Gasteiger partial charge in [0.2, 0.25) is 15.9 Å². The maximum atomic E-state index is 12.6. The molecule has 1 heterocycles. The van der Waals surface area contributed by atoms with Crippen molar-refractivity contribution in [3.05, 3.63) is 23.8 Å². The summed E-state index contributed by atoms with van der Waals surface area (Å²) in [4.78, 5) is 14.8. The zero-order valence-corrected chi connectivity index (χ0v) is 16.6. The van der Waals surface area contributed by atoms with E-state index in [1.165, 1.54) is 12.5 Å². The number of rotatable bonds is 4. The molecule has 1 amide bonds. The summed E-state index contributed by atoms with van der Waals surface area (Å²) < 4.78 is 23.1. The number of primary sulfonamides is 1. The van der Waals surface area contributed by atoms with Gasteiger partial charge in [-0.3, -0.25) is 4.79 Å². The van der Waals surface area contributed by atoms with Crippen molar-refractivity contribution in [2.45, 2.75) is 63.4 Å². The van der Waals surface area contributed by atoms with Crippen LogP contribution in [-0.4, -0.2) is 33.0 Å². The Morgan fingerprint density at radius 3 is 2.69 bits per heavy atom. The molecule has 0 saturated heterocycles. The summed E-state index contributed by atoms with van der Waals surface area (Å²) in [6, 6.07) is 5.30. The van der Waals surface area contributed by atoms with E-state index in [1.54, 1.807) is 12.1 Å². The Balaban J connectivity index is 1.70. The molecule has 3 rings (SSSR count). The van der Waals surface area contributed by atoms with Crippen LogP contribution in [0.15, 0.2) is 23.1 Å². The summed E-state index contributed by atoms with van der Waals surface area (Å²) in [5.41, 5.74) is 1.85. The Kier molecular flexibility index (Phi) is 5.30. The summed E-state index contributed by atoms with van der Waals surface area (Å²) in [5, 5.41) is 8.44. The largest absolute Gasteiger partial charge is 0.359 e. The Morgan fingerprint density at radius 2 is 2.00 bits per heavy atom. The van der Waals surface area contributed by atoms with E-state index in [2.05, 4.69) is 31.0 Å². The highest BCUT2D eigenvalue weighted by Gasteiger charge is 2.31. The van der Waals surface area contributed by atoms with Crippen LogP contribution in [0.2, 0.25) is 0 Å². The van der Waals surface area contributed by atoms with E-state index in [9.17, 15) is 13.2 Å². The number of carbonyl (C=O) groups excluding carboxylic acids is 1. The van der Waals surface area contributed by atoms with E-state index >= 15 is 0 Å². The number of fused-ring (bicyclic) bond motifs is 1. The molecule has 7 heteroatoms. The first kappa shape index (κ1) is 19.2. The number of hydrogen-bond donors (Lipinski definition) is 2. The number of nitrogens with zero attached hydrogens (tertiary/aromatic N) is 1. The van der Waals surface area contributed by atoms with Crippen molar-refractivity contribution < 1.29 is 13.2 Å². The highest BCUT2D eigenvalue weighted by atomic mass is 32.2. The van der Waals surface area contributed by atoms with Gasteiger partial charge in [0.1, 0.15) is 0 Å². The molecule has 1 aliphatic carbocycles. The molecule has 1 aromatic rings. The maximum absolute atomic E-state index is 12.6. The molecule has 1 saturated carbocycles. The van der Waals surface area contributed by atoms with Gasteiger partial charge in [-0.2, -0.15) is 0 Å². The van der Waals surface area contributed by atoms with Gasteiger partial charge in [-0.05, 0) is 55.4 Å². The van der Waals surface area contributed by atoms with Crippen molar-refractivity contribution in [2.75, 3.05) is 11.4 Å². The molecule has 1 aliphatic heterocycles. The first-order chi connectivity index (χ1) is 12.2. The monoisotopic (exact) mass is 379 g/mol. The van der Waals surface area contributed by atoms with Crippen LogP contribution < -0.4 is 15.4 Å². The van der Waals surface area contributed by atoms with Gasteiger partial charge in [0, 0.05) is 17.8 Å². The lowest BCUT2D eigenvalue weighted by Crippen LogP contribution is -2.48. The van der Waals surface area contributed by atoms with Gasteiger partial charge >= 0.3 is 0 Å². The number of sulfonamides is 1. The van der Waals surface area contributed by atoms with Crippen molar-refractivity contribution in [1.82, 2.24) is 5.32 Å². The molecule has 4 atom stereocenters. The van der Waals surface area contributed by atoms with Crippen LogP contribution in [-0.2, 0) is 21.2 Å². The predicted molar refractivity (Wildman–Crippen MR) is 102 cm³/mol. The van der Waals surface area contributed by atoms with Crippen LogP contribution in [0.25, 0.3) is 0 Å². The van der Waals surface area contributed by atoms with E-state index in [-0.39, 0.29) is 22.9 Å². The van der Waals surface area contributed by atoms with Gasteiger partial charge in [-0.1, -0.05) is 26.7 Å². The zero-order chi connectivity index (χ0) is 19.1. The third kappa shape index (κ3) is 3.88. The molecule has 1 fully saturated rings. The highest BCUT2D eigenvalue weighted by Crippen LogP contribution is 2.34. The third-order valence-electron chi connectivity index (χ3n) is 6.10. The minimum absolute atomic E-state index is 0.0335. The lowest BCUT2D eigenvalue weighted by Gasteiger charge is -2.35. The van der Waals surface area contributed by atoms with E-state index in [1.807, 2.05) is 0 Å². The first-order valence-corrected chi connectivity index (χ1v) is 10.9. The number of amides is 1. The molecule has 2 aliphatic rings. The lowest BCUT2D eigenvalue weighted by atomic mass is 9.78.